The van der Waals surface area contributed by atoms with Crippen molar-refractivity contribution >= 4 is 16.7 Å². The molecule has 0 saturated heterocycles. The number of nitro benzene ring substituents is 1. The Bertz CT molecular complexity index is 1320. The lowest BCUT2D eigenvalue weighted by Crippen LogP contribution is -2.03. The molecule has 1 aliphatic carbocycles. The molecule has 0 fully saturated rings. The number of hydrogen-bond donors (Lipinski definition) is 4. The summed E-state index contributed by atoms with van der Waals surface area (Å²) in [6.45, 7) is 0. The highest BCUT2D eigenvalue weighted by atomic mass is 16.6. The normalized spacial score (nSPS) is 11.2. The smallest absolute Gasteiger partial charge is 0.269 e. The minimum absolute atomic E-state index is 0.0429. The standard InChI is InChI=1S/C20H13NO8/c22-14-2-1-10(21(27)28)3-9(14)4-11-12-5-15(23)17(25)7-19(12)29-20-8-18(26)16(24)6-13(11)20/h1-3,5-8,22-25H,4H2. The summed E-state index contributed by atoms with van der Waals surface area (Å²) in [5.74, 6) is -1.48. The average molecular weight is 395 g/mol. The Hall–Kier alpha value is -4.27. The number of rotatable bonds is 3. The summed E-state index contributed by atoms with van der Waals surface area (Å²) in [5, 5.41) is 51.2. The van der Waals surface area contributed by atoms with Crippen LogP contribution < -0.4 is 5.43 Å². The summed E-state index contributed by atoms with van der Waals surface area (Å²) in [6.07, 6.45) is -0.0429. The van der Waals surface area contributed by atoms with Crippen LogP contribution in [0.15, 0.2) is 51.7 Å². The molecule has 0 unspecified atom stereocenters. The predicted octanol–water partition coefficient (Wildman–Crippen LogP) is 3.22. The molecule has 0 bridgehead atoms. The average Bonchev–Trinajstić information content (AvgIpc) is 2.66. The van der Waals surface area contributed by atoms with Gasteiger partial charge in [-0.05, 0) is 23.8 Å². The zero-order valence-electron chi connectivity index (χ0n) is 14.6. The molecule has 4 rings (SSSR count). The number of aromatic hydroxyl groups is 4. The Morgan fingerprint density at radius 1 is 0.897 bits per heavy atom. The number of nitro groups is 1. The van der Waals surface area contributed by atoms with Gasteiger partial charge in [-0.2, -0.15) is 0 Å². The van der Waals surface area contributed by atoms with E-state index >= 15 is 0 Å². The lowest BCUT2D eigenvalue weighted by molar-refractivity contribution is -0.384. The van der Waals surface area contributed by atoms with E-state index in [4.69, 9.17) is 4.42 Å². The van der Waals surface area contributed by atoms with Gasteiger partial charge in [0.1, 0.15) is 17.1 Å². The van der Waals surface area contributed by atoms with Crippen molar-refractivity contribution < 1.29 is 29.8 Å². The number of hydrogen-bond acceptors (Lipinski definition) is 8. The molecule has 0 atom stereocenters. The summed E-state index contributed by atoms with van der Waals surface area (Å²) in [6, 6.07) is 8.23. The van der Waals surface area contributed by atoms with Crippen LogP contribution in [0.3, 0.4) is 0 Å². The van der Waals surface area contributed by atoms with E-state index in [1.807, 2.05) is 0 Å². The number of phenols is 4. The summed E-state index contributed by atoms with van der Waals surface area (Å²) >= 11 is 0. The van der Waals surface area contributed by atoms with Gasteiger partial charge in [-0.1, -0.05) is 0 Å². The molecular weight excluding hydrogens is 382 g/mol. The maximum atomic E-state index is 11.8. The highest BCUT2D eigenvalue weighted by Crippen LogP contribution is 2.40. The molecule has 2 aromatic carbocycles. The second-order valence-corrected chi connectivity index (χ2v) is 6.48. The van der Waals surface area contributed by atoms with Crippen molar-refractivity contribution in [2.45, 2.75) is 6.42 Å². The second kappa shape index (κ2) is 6.41. The highest BCUT2D eigenvalue weighted by Gasteiger charge is 2.21. The third-order valence-corrected chi connectivity index (χ3v) is 4.65. The predicted molar refractivity (Wildman–Crippen MR) is 102 cm³/mol. The molecule has 0 saturated carbocycles. The molecule has 9 nitrogen and oxygen atoms in total. The number of phenolic OH excluding ortho intramolecular Hbond substituents is 4. The van der Waals surface area contributed by atoms with Gasteiger partial charge in [0.25, 0.3) is 5.69 Å². The van der Waals surface area contributed by atoms with E-state index in [9.17, 15) is 35.3 Å². The molecule has 9 heteroatoms. The van der Waals surface area contributed by atoms with Crippen molar-refractivity contribution in [2.24, 2.45) is 0 Å². The van der Waals surface area contributed by atoms with Gasteiger partial charge in [0.05, 0.1) is 4.92 Å². The quantitative estimate of drug-likeness (QED) is 0.178. The molecule has 1 heterocycles. The van der Waals surface area contributed by atoms with Gasteiger partial charge < -0.3 is 24.8 Å². The van der Waals surface area contributed by atoms with Crippen molar-refractivity contribution in [1.82, 2.24) is 0 Å². The third-order valence-electron chi connectivity index (χ3n) is 4.65. The molecule has 0 radical (unpaired) electrons. The first-order valence-corrected chi connectivity index (χ1v) is 8.35. The van der Waals surface area contributed by atoms with Gasteiger partial charge in [-0.3, -0.25) is 14.9 Å². The van der Waals surface area contributed by atoms with E-state index in [0.717, 1.165) is 18.2 Å². The monoisotopic (exact) mass is 395 g/mol. The van der Waals surface area contributed by atoms with Crippen LogP contribution in [0.2, 0.25) is 0 Å². The van der Waals surface area contributed by atoms with Gasteiger partial charge in [0.15, 0.2) is 17.2 Å². The van der Waals surface area contributed by atoms with Crippen LogP contribution in [0.4, 0.5) is 5.69 Å². The van der Waals surface area contributed by atoms with Crippen molar-refractivity contribution in [1.29, 1.82) is 0 Å². The van der Waals surface area contributed by atoms with Crippen LogP contribution in [0.1, 0.15) is 11.1 Å². The largest absolute Gasteiger partial charge is 0.508 e. The lowest BCUT2D eigenvalue weighted by Gasteiger charge is -2.16. The summed E-state index contributed by atoms with van der Waals surface area (Å²) in [7, 11) is 0. The molecule has 146 valence electrons. The molecule has 0 spiro atoms. The maximum absolute atomic E-state index is 11.8. The van der Waals surface area contributed by atoms with E-state index in [0.29, 0.717) is 16.5 Å². The number of fused-ring (bicyclic) bond motifs is 2. The van der Waals surface area contributed by atoms with Crippen molar-refractivity contribution in [3.8, 4) is 34.3 Å². The molecule has 29 heavy (non-hydrogen) atoms. The Morgan fingerprint density at radius 3 is 2.34 bits per heavy atom. The first kappa shape index (κ1) is 18.1. The number of non-ortho nitro benzene ring substituents is 1. The van der Waals surface area contributed by atoms with Gasteiger partial charge in [-0.15, -0.1) is 0 Å². The van der Waals surface area contributed by atoms with Crippen molar-refractivity contribution in [2.75, 3.05) is 0 Å². The minimum Gasteiger partial charge on any atom is -0.508 e. The van der Waals surface area contributed by atoms with Gasteiger partial charge in [0, 0.05) is 47.2 Å². The number of benzene rings is 3. The first-order valence-electron chi connectivity index (χ1n) is 8.35. The first-order chi connectivity index (χ1) is 13.7. The van der Waals surface area contributed by atoms with Crippen LogP contribution in [0, 0.1) is 10.1 Å². The lowest BCUT2D eigenvalue weighted by atomic mass is 9.93. The Balaban J connectivity index is 2.05. The van der Waals surface area contributed by atoms with Crippen molar-refractivity contribution in [3.05, 3.63) is 73.9 Å². The summed E-state index contributed by atoms with van der Waals surface area (Å²) < 4.78 is 5.64. The molecule has 4 N–H and O–H groups in total. The molecule has 1 aliphatic heterocycles. The van der Waals surface area contributed by atoms with E-state index in [1.54, 1.807) is 0 Å². The number of nitrogens with zero attached hydrogens (tertiary/aromatic N) is 1. The van der Waals surface area contributed by atoms with E-state index in [-0.39, 0.29) is 34.8 Å². The minimum atomic E-state index is -0.673. The molecule has 0 amide bonds. The van der Waals surface area contributed by atoms with Crippen molar-refractivity contribution in [3.63, 3.8) is 0 Å². The zero-order valence-corrected chi connectivity index (χ0v) is 14.6. The molecule has 2 aliphatic rings. The van der Waals surface area contributed by atoms with E-state index in [1.165, 1.54) is 24.3 Å². The molecule has 0 aromatic heterocycles. The summed E-state index contributed by atoms with van der Waals surface area (Å²) in [4.78, 5) is 22.3. The van der Waals surface area contributed by atoms with Crippen LogP contribution in [0.5, 0.6) is 23.0 Å². The summed E-state index contributed by atoms with van der Waals surface area (Å²) in [5.41, 5.74) is 0.183. The van der Waals surface area contributed by atoms with Crippen LogP contribution >= 0.6 is 0 Å². The van der Waals surface area contributed by atoms with E-state index in [2.05, 4.69) is 0 Å². The Kier molecular flexibility index (Phi) is 4.00. The Morgan fingerprint density at radius 2 is 1.62 bits per heavy atom. The third kappa shape index (κ3) is 3.04. The molecule has 2 aromatic rings. The zero-order chi connectivity index (χ0) is 20.9. The van der Waals surface area contributed by atoms with Gasteiger partial charge in [0.2, 0.25) is 5.43 Å². The molecular formula is C20H13NO8. The fourth-order valence-corrected chi connectivity index (χ4v) is 3.22. The SMILES string of the molecule is O=c1cc2oc3cc(O)c(O)cc3c(Cc3cc([N+](=O)[O-])ccc3O)c-2cc1O. The Labute approximate surface area is 161 Å². The van der Waals surface area contributed by atoms with Crippen LogP contribution in [-0.4, -0.2) is 25.3 Å². The second-order valence-electron chi connectivity index (χ2n) is 6.48. The van der Waals surface area contributed by atoms with Gasteiger partial charge in [-0.25, -0.2) is 0 Å². The van der Waals surface area contributed by atoms with Crippen LogP contribution in [-0.2, 0) is 6.42 Å². The fourth-order valence-electron chi connectivity index (χ4n) is 3.22. The van der Waals surface area contributed by atoms with E-state index < -0.39 is 27.6 Å². The maximum Gasteiger partial charge on any atom is 0.269 e. The van der Waals surface area contributed by atoms with Crippen LogP contribution in [0.25, 0.3) is 22.3 Å². The fraction of sp³-hybridized carbons (Fsp3) is 0.0500. The van der Waals surface area contributed by atoms with Gasteiger partial charge >= 0.3 is 0 Å². The highest BCUT2D eigenvalue weighted by molar-refractivity contribution is 5.91. The topological polar surface area (TPSA) is 154 Å².